The van der Waals surface area contributed by atoms with E-state index in [1.807, 2.05) is 14.0 Å². The summed E-state index contributed by atoms with van der Waals surface area (Å²) in [6.07, 6.45) is 6.52. The number of nitrogens with two attached hydrogens (primary N) is 1. The smallest absolute Gasteiger partial charge is 0.222 e. The maximum atomic E-state index is 11.8. The quantitative estimate of drug-likeness (QED) is 0.511. The summed E-state index contributed by atoms with van der Waals surface area (Å²) in [6, 6.07) is 0. The summed E-state index contributed by atoms with van der Waals surface area (Å²) in [5, 5.41) is 0. The zero-order valence-electron chi connectivity index (χ0n) is 11.4. The normalized spacial score (nSPS) is 12.2. The van der Waals surface area contributed by atoms with Crippen LogP contribution < -0.4 is 5.73 Å². The van der Waals surface area contributed by atoms with Gasteiger partial charge in [-0.1, -0.05) is 51.7 Å². The number of nitrogens with zero attached hydrogens (tertiary/aromatic N) is 1. The summed E-state index contributed by atoms with van der Waals surface area (Å²) in [7, 11) is 1.82. The summed E-state index contributed by atoms with van der Waals surface area (Å²) in [5.41, 5.74) is 5.53. The topological polar surface area (TPSA) is 46.3 Å². The van der Waals surface area contributed by atoms with E-state index in [9.17, 15) is 4.79 Å². The van der Waals surface area contributed by atoms with E-state index in [1.165, 1.54) is 19.3 Å². The standard InChI is InChI=1S/C13H26N2OS/c1-4-5-6-7-8-9-12(16)15(3)10-11(2)13(14)17/h11H,4-10H2,1-3H3,(H2,14,17). The molecule has 1 amide bonds. The highest BCUT2D eigenvalue weighted by Crippen LogP contribution is 2.07. The molecule has 0 saturated heterocycles. The molecule has 1 atom stereocenters. The maximum absolute atomic E-state index is 11.8. The van der Waals surface area contributed by atoms with E-state index in [4.69, 9.17) is 18.0 Å². The molecule has 0 aliphatic rings. The highest BCUT2D eigenvalue weighted by atomic mass is 32.1. The Morgan fingerprint density at radius 2 is 1.88 bits per heavy atom. The van der Waals surface area contributed by atoms with Crippen molar-refractivity contribution in [2.45, 2.75) is 52.4 Å². The van der Waals surface area contributed by atoms with Crippen LogP contribution in [0.1, 0.15) is 52.4 Å². The van der Waals surface area contributed by atoms with E-state index in [2.05, 4.69) is 6.92 Å². The van der Waals surface area contributed by atoms with E-state index in [0.717, 1.165) is 12.8 Å². The molecule has 1 unspecified atom stereocenters. The number of amides is 1. The third kappa shape index (κ3) is 8.13. The number of carbonyl (C=O) groups excluding carboxylic acids is 1. The lowest BCUT2D eigenvalue weighted by Crippen LogP contribution is -2.35. The molecule has 0 aliphatic heterocycles. The second-order valence-electron chi connectivity index (χ2n) is 4.74. The van der Waals surface area contributed by atoms with Crippen LogP contribution in [0.15, 0.2) is 0 Å². The van der Waals surface area contributed by atoms with Gasteiger partial charge in [0.25, 0.3) is 0 Å². The summed E-state index contributed by atoms with van der Waals surface area (Å²) in [6.45, 7) is 4.77. The molecule has 0 rings (SSSR count). The molecule has 0 saturated carbocycles. The van der Waals surface area contributed by atoms with E-state index in [-0.39, 0.29) is 11.8 Å². The van der Waals surface area contributed by atoms with Crippen molar-refractivity contribution in [1.29, 1.82) is 0 Å². The van der Waals surface area contributed by atoms with Crippen LogP contribution in [0.4, 0.5) is 0 Å². The number of unbranched alkanes of at least 4 members (excludes halogenated alkanes) is 4. The van der Waals surface area contributed by atoms with Crippen LogP contribution in [0.3, 0.4) is 0 Å². The fraction of sp³-hybridized carbons (Fsp3) is 0.846. The predicted molar refractivity (Wildman–Crippen MR) is 77.0 cm³/mol. The number of hydrogen-bond acceptors (Lipinski definition) is 2. The van der Waals surface area contributed by atoms with Gasteiger partial charge in [0, 0.05) is 25.9 Å². The fourth-order valence-corrected chi connectivity index (χ4v) is 1.75. The average Bonchev–Trinajstić information content (AvgIpc) is 2.28. The van der Waals surface area contributed by atoms with Crippen molar-refractivity contribution in [3.63, 3.8) is 0 Å². The van der Waals surface area contributed by atoms with Crippen LogP contribution in [0.25, 0.3) is 0 Å². The lowest BCUT2D eigenvalue weighted by molar-refractivity contribution is -0.130. The van der Waals surface area contributed by atoms with Crippen LogP contribution in [0.2, 0.25) is 0 Å². The first kappa shape index (κ1) is 16.4. The average molecular weight is 258 g/mol. The molecular formula is C13H26N2OS. The first-order valence-corrected chi connectivity index (χ1v) is 6.93. The monoisotopic (exact) mass is 258 g/mol. The number of thiocarbonyl (C=S) groups is 1. The van der Waals surface area contributed by atoms with Gasteiger partial charge in [0.1, 0.15) is 0 Å². The van der Waals surface area contributed by atoms with Crippen molar-refractivity contribution in [2.75, 3.05) is 13.6 Å². The molecule has 0 aromatic carbocycles. The third-order valence-corrected chi connectivity index (χ3v) is 3.36. The van der Waals surface area contributed by atoms with Crippen molar-refractivity contribution in [3.05, 3.63) is 0 Å². The Kier molecular flexibility index (Phi) is 9.04. The zero-order valence-corrected chi connectivity index (χ0v) is 12.2. The minimum atomic E-state index is 0.0963. The van der Waals surface area contributed by atoms with Gasteiger partial charge in [-0.3, -0.25) is 4.79 Å². The highest BCUT2D eigenvalue weighted by molar-refractivity contribution is 7.80. The van der Waals surface area contributed by atoms with Gasteiger partial charge >= 0.3 is 0 Å². The van der Waals surface area contributed by atoms with Gasteiger partial charge in [0.05, 0.1) is 4.99 Å². The van der Waals surface area contributed by atoms with Gasteiger partial charge in [0.15, 0.2) is 0 Å². The second kappa shape index (κ2) is 9.40. The Hall–Kier alpha value is -0.640. The molecule has 0 fully saturated rings. The molecule has 17 heavy (non-hydrogen) atoms. The SMILES string of the molecule is CCCCCCCC(=O)N(C)CC(C)C(N)=S. The molecule has 100 valence electrons. The van der Waals surface area contributed by atoms with E-state index < -0.39 is 0 Å². The fourth-order valence-electron chi connectivity index (χ4n) is 1.67. The van der Waals surface area contributed by atoms with Crippen molar-refractivity contribution in [3.8, 4) is 0 Å². The maximum Gasteiger partial charge on any atom is 0.222 e. The van der Waals surface area contributed by atoms with E-state index >= 15 is 0 Å². The Labute approximate surface area is 111 Å². The van der Waals surface area contributed by atoms with Gasteiger partial charge in [-0.25, -0.2) is 0 Å². The lowest BCUT2D eigenvalue weighted by atomic mass is 10.1. The van der Waals surface area contributed by atoms with Crippen LogP contribution in [-0.4, -0.2) is 29.4 Å². The van der Waals surface area contributed by atoms with Crippen LogP contribution in [-0.2, 0) is 4.79 Å². The Balaban J connectivity index is 3.71. The molecule has 0 aromatic rings. The largest absolute Gasteiger partial charge is 0.393 e. The number of carbonyl (C=O) groups is 1. The van der Waals surface area contributed by atoms with Crippen LogP contribution in [0, 0.1) is 5.92 Å². The molecule has 0 aliphatic carbocycles. The highest BCUT2D eigenvalue weighted by Gasteiger charge is 2.13. The molecule has 0 heterocycles. The minimum Gasteiger partial charge on any atom is -0.393 e. The Bertz CT molecular complexity index is 244. The summed E-state index contributed by atoms with van der Waals surface area (Å²) < 4.78 is 0. The Morgan fingerprint density at radius 3 is 2.41 bits per heavy atom. The molecule has 4 heteroatoms. The minimum absolute atomic E-state index is 0.0963. The van der Waals surface area contributed by atoms with Crippen molar-refractivity contribution in [1.82, 2.24) is 4.90 Å². The van der Waals surface area contributed by atoms with E-state index in [0.29, 0.717) is 18.0 Å². The lowest BCUT2D eigenvalue weighted by Gasteiger charge is -2.20. The first-order chi connectivity index (χ1) is 7.99. The van der Waals surface area contributed by atoms with Gasteiger partial charge in [-0.15, -0.1) is 0 Å². The van der Waals surface area contributed by atoms with Gasteiger partial charge in [0.2, 0.25) is 5.91 Å². The Morgan fingerprint density at radius 1 is 1.29 bits per heavy atom. The molecule has 2 N–H and O–H groups in total. The van der Waals surface area contributed by atoms with Gasteiger partial charge < -0.3 is 10.6 Å². The summed E-state index contributed by atoms with van der Waals surface area (Å²) in [5.74, 6) is 0.295. The molecule has 0 spiro atoms. The van der Waals surface area contributed by atoms with Crippen molar-refractivity contribution in [2.24, 2.45) is 11.7 Å². The molecule has 0 aromatic heterocycles. The molecule has 0 radical (unpaired) electrons. The first-order valence-electron chi connectivity index (χ1n) is 6.52. The zero-order chi connectivity index (χ0) is 13.3. The van der Waals surface area contributed by atoms with Gasteiger partial charge in [-0.05, 0) is 6.42 Å². The molecular weight excluding hydrogens is 232 g/mol. The van der Waals surface area contributed by atoms with Crippen molar-refractivity contribution >= 4 is 23.1 Å². The van der Waals surface area contributed by atoms with E-state index in [1.54, 1.807) is 4.90 Å². The summed E-state index contributed by atoms with van der Waals surface area (Å²) in [4.78, 5) is 14.0. The predicted octanol–water partition coefficient (Wildman–Crippen LogP) is 2.73. The number of hydrogen-bond donors (Lipinski definition) is 1. The summed E-state index contributed by atoms with van der Waals surface area (Å²) >= 11 is 4.90. The van der Waals surface area contributed by atoms with Crippen LogP contribution in [0.5, 0.6) is 0 Å². The second-order valence-corrected chi connectivity index (χ2v) is 5.21. The van der Waals surface area contributed by atoms with Gasteiger partial charge in [-0.2, -0.15) is 0 Å². The van der Waals surface area contributed by atoms with Crippen molar-refractivity contribution < 1.29 is 4.79 Å². The molecule has 0 bridgehead atoms. The number of rotatable bonds is 9. The third-order valence-electron chi connectivity index (χ3n) is 2.95. The molecule has 3 nitrogen and oxygen atoms in total. The van der Waals surface area contributed by atoms with Crippen LogP contribution >= 0.6 is 12.2 Å².